The van der Waals surface area contributed by atoms with Crippen LogP contribution in [0.25, 0.3) is 0 Å². The predicted molar refractivity (Wildman–Crippen MR) is 131 cm³/mol. The number of ether oxygens (including phenoxy) is 1. The van der Waals surface area contributed by atoms with Crippen LogP contribution in [-0.2, 0) is 10.1 Å². The average Bonchev–Trinajstić information content (AvgIpc) is 2.83. The summed E-state index contributed by atoms with van der Waals surface area (Å²) in [6.45, 7) is 8.60. The number of rotatable bonds is 9. The monoisotopic (exact) mass is 500 g/mol. The molecule has 0 spiro atoms. The van der Waals surface area contributed by atoms with Crippen LogP contribution >= 0.6 is 15.9 Å². The van der Waals surface area contributed by atoms with Gasteiger partial charge < -0.3 is 9.64 Å². The Morgan fingerprint density at radius 1 is 1.09 bits per heavy atom. The van der Waals surface area contributed by atoms with Gasteiger partial charge in [-0.1, -0.05) is 85.2 Å². The molecule has 5 nitrogen and oxygen atoms in total. The van der Waals surface area contributed by atoms with Crippen LogP contribution in [0.4, 0.5) is 4.79 Å². The van der Waals surface area contributed by atoms with Crippen LogP contribution in [0.3, 0.4) is 0 Å². The second-order valence-corrected chi connectivity index (χ2v) is 8.87. The molecule has 1 heterocycles. The molecule has 1 fully saturated rings. The van der Waals surface area contributed by atoms with Crippen molar-refractivity contribution in [2.24, 2.45) is 5.41 Å². The summed E-state index contributed by atoms with van der Waals surface area (Å²) in [5, 5.41) is 0.635. The third-order valence-electron chi connectivity index (χ3n) is 6.63. The molecule has 0 N–H and O–H groups in total. The average molecular weight is 501 g/mol. The standard InChI is InChI=1S/C26H33BrN2O3/c1-5-17-28(19(4)20-13-9-8-10-14-20)25(31)29-23(30)26(6-2,7-3)24(29)32-22-16-12-11-15-21(22)18-27/h8-16,19,24H,5-7,17-18H2,1-4H3/t19-,24+/m1/s1. The maximum Gasteiger partial charge on any atom is 0.330 e. The fourth-order valence-corrected chi connectivity index (χ4v) is 4.95. The number of likely N-dealkylation sites (tertiary alicyclic amines) is 1. The van der Waals surface area contributed by atoms with E-state index in [0.717, 1.165) is 17.5 Å². The first-order chi connectivity index (χ1) is 15.4. The summed E-state index contributed by atoms with van der Waals surface area (Å²) in [5.74, 6) is 0.555. The van der Waals surface area contributed by atoms with Gasteiger partial charge in [0.05, 0.1) is 6.04 Å². The normalized spacial score (nSPS) is 18.1. The minimum absolute atomic E-state index is 0.143. The largest absolute Gasteiger partial charge is 0.468 e. The Balaban J connectivity index is 1.95. The number of alkyl halides is 1. The highest BCUT2D eigenvalue weighted by molar-refractivity contribution is 9.08. The second kappa shape index (κ2) is 10.5. The van der Waals surface area contributed by atoms with Gasteiger partial charge in [-0.3, -0.25) is 4.79 Å². The number of imide groups is 1. The van der Waals surface area contributed by atoms with Crippen LogP contribution in [0.15, 0.2) is 54.6 Å². The number of benzene rings is 2. The number of halogens is 1. The van der Waals surface area contributed by atoms with E-state index < -0.39 is 11.6 Å². The van der Waals surface area contributed by atoms with Crippen molar-refractivity contribution in [3.63, 3.8) is 0 Å². The fraction of sp³-hybridized carbons (Fsp3) is 0.462. The summed E-state index contributed by atoms with van der Waals surface area (Å²) in [6, 6.07) is 17.2. The molecule has 0 aromatic heterocycles. The molecule has 0 bridgehead atoms. The van der Waals surface area contributed by atoms with Gasteiger partial charge in [0.15, 0.2) is 6.23 Å². The van der Waals surface area contributed by atoms with Crippen molar-refractivity contribution in [3.05, 3.63) is 65.7 Å². The summed E-state index contributed by atoms with van der Waals surface area (Å²) in [6.07, 6.45) is 1.42. The van der Waals surface area contributed by atoms with Crippen molar-refractivity contribution in [2.75, 3.05) is 6.54 Å². The van der Waals surface area contributed by atoms with Gasteiger partial charge in [-0.25, -0.2) is 9.69 Å². The number of nitrogens with zero attached hydrogens (tertiary/aromatic N) is 2. The molecule has 3 rings (SSSR count). The molecule has 6 heteroatoms. The quantitative estimate of drug-likeness (QED) is 0.290. The Labute approximate surface area is 199 Å². The molecule has 2 aromatic rings. The number of β-lactam (4-membered cyclic amide) rings is 1. The van der Waals surface area contributed by atoms with Gasteiger partial charge >= 0.3 is 6.03 Å². The Morgan fingerprint density at radius 2 is 1.72 bits per heavy atom. The lowest BCUT2D eigenvalue weighted by Crippen LogP contribution is -2.74. The maximum atomic E-state index is 13.8. The van der Waals surface area contributed by atoms with Gasteiger partial charge in [-0.2, -0.15) is 0 Å². The van der Waals surface area contributed by atoms with E-state index >= 15 is 0 Å². The molecule has 2 aromatic carbocycles. The molecule has 0 aliphatic carbocycles. The van der Waals surface area contributed by atoms with Crippen LogP contribution in [-0.4, -0.2) is 34.5 Å². The van der Waals surface area contributed by atoms with Crippen LogP contribution in [0.2, 0.25) is 0 Å². The maximum absolute atomic E-state index is 13.8. The molecule has 3 amide bonds. The van der Waals surface area contributed by atoms with Gasteiger partial charge in [0, 0.05) is 17.4 Å². The highest BCUT2D eigenvalue weighted by Gasteiger charge is 2.63. The zero-order valence-electron chi connectivity index (χ0n) is 19.4. The minimum Gasteiger partial charge on any atom is -0.468 e. The number of hydrogen-bond donors (Lipinski definition) is 0. The summed E-state index contributed by atoms with van der Waals surface area (Å²) < 4.78 is 6.42. The Hall–Kier alpha value is -2.34. The molecular formula is C26H33BrN2O3. The summed E-state index contributed by atoms with van der Waals surface area (Å²) in [4.78, 5) is 30.3. The number of urea groups is 1. The molecule has 1 saturated heterocycles. The smallest absolute Gasteiger partial charge is 0.330 e. The van der Waals surface area contributed by atoms with Gasteiger partial charge in [0.2, 0.25) is 5.91 Å². The van der Waals surface area contributed by atoms with Crippen LogP contribution in [0, 0.1) is 5.41 Å². The van der Waals surface area contributed by atoms with Gasteiger partial charge in [-0.05, 0) is 37.8 Å². The highest BCUT2D eigenvalue weighted by Crippen LogP contribution is 2.47. The third-order valence-corrected chi connectivity index (χ3v) is 7.24. The van der Waals surface area contributed by atoms with E-state index in [9.17, 15) is 9.59 Å². The summed E-state index contributed by atoms with van der Waals surface area (Å²) >= 11 is 3.51. The van der Waals surface area contributed by atoms with Crippen LogP contribution in [0.1, 0.15) is 64.1 Å². The molecule has 1 aliphatic rings. The van der Waals surface area contributed by atoms with Crippen molar-refractivity contribution in [3.8, 4) is 5.75 Å². The lowest BCUT2D eigenvalue weighted by molar-refractivity contribution is -0.192. The van der Waals surface area contributed by atoms with Crippen molar-refractivity contribution >= 4 is 27.9 Å². The van der Waals surface area contributed by atoms with Gasteiger partial charge in [0.1, 0.15) is 11.2 Å². The van der Waals surface area contributed by atoms with Crippen molar-refractivity contribution in [2.45, 2.75) is 64.6 Å². The minimum atomic E-state index is -0.692. The number of para-hydroxylation sites is 1. The van der Waals surface area contributed by atoms with E-state index in [1.807, 2.05) is 82.3 Å². The molecule has 0 saturated carbocycles. The van der Waals surface area contributed by atoms with E-state index in [0.29, 0.717) is 30.5 Å². The van der Waals surface area contributed by atoms with E-state index in [2.05, 4.69) is 15.9 Å². The topological polar surface area (TPSA) is 49.9 Å². The third kappa shape index (κ3) is 4.29. The zero-order chi connectivity index (χ0) is 23.3. The first-order valence-electron chi connectivity index (χ1n) is 11.4. The predicted octanol–water partition coefficient (Wildman–Crippen LogP) is 6.53. The van der Waals surface area contributed by atoms with Crippen LogP contribution in [0.5, 0.6) is 5.75 Å². The highest BCUT2D eigenvalue weighted by atomic mass is 79.9. The van der Waals surface area contributed by atoms with Crippen molar-refractivity contribution < 1.29 is 14.3 Å². The zero-order valence-corrected chi connectivity index (χ0v) is 21.0. The fourth-order valence-electron chi connectivity index (χ4n) is 4.48. The Bertz CT molecular complexity index is 930. The van der Waals surface area contributed by atoms with E-state index in [4.69, 9.17) is 4.74 Å². The Kier molecular flexibility index (Phi) is 7.99. The number of hydrogen-bond acceptors (Lipinski definition) is 3. The lowest BCUT2D eigenvalue weighted by Gasteiger charge is -2.54. The molecule has 0 unspecified atom stereocenters. The molecule has 2 atom stereocenters. The summed E-state index contributed by atoms with van der Waals surface area (Å²) in [7, 11) is 0. The molecule has 1 aliphatic heterocycles. The SMILES string of the molecule is CCCN(C(=O)N1C(=O)C(CC)(CC)[C@@H]1Oc1ccccc1CBr)[C@H](C)c1ccccc1. The molecular weight excluding hydrogens is 468 g/mol. The number of amides is 3. The van der Waals surface area contributed by atoms with Gasteiger partial charge in [-0.15, -0.1) is 0 Å². The van der Waals surface area contributed by atoms with Crippen molar-refractivity contribution in [1.29, 1.82) is 0 Å². The molecule has 172 valence electrons. The van der Waals surface area contributed by atoms with E-state index in [1.165, 1.54) is 4.90 Å². The molecule has 32 heavy (non-hydrogen) atoms. The second-order valence-electron chi connectivity index (χ2n) is 8.31. The Morgan fingerprint density at radius 3 is 2.31 bits per heavy atom. The first kappa shape index (κ1) is 24.3. The molecule has 0 radical (unpaired) electrons. The van der Waals surface area contributed by atoms with Gasteiger partial charge in [0.25, 0.3) is 0 Å². The summed E-state index contributed by atoms with van der Waals surface area (Å²) in [5.41, 5.74) is 1.34. The van der Waals surface area contributed by atoms with E-state index in [1.54, 1.807) is 4.90 Å². The van der Waals surface area contributed by atoms with Crippen LogP contribution < -0.4 is 4.74 Å². The first-order valence-corrected chi connectivity index (χ1v) is 12.6. The number of carbonyl (C=O) groups is 2. The van der Waals surface area contributed by atoms with E-state index in [-0.39, 0.29) is 18.0 Å². The van der Waals surface area contributed by atoms with Crippen molar-refractivity contribution in [1.82, 2.24) is 9.80 Å². The lowest BCUT2D eigenvalue weighted by atomic mass is 9.72. The number of carbonyl (C=O) groups excluding carboxylic acids is 2.